The van der Waals surface area contributed by atoms with Gasteiger partial charge in [0.1, 0.15) is 11.3 Å². The second-order valence-electron chi connectivity index (χ2n) is 3.86. The third kappa shape index (κ3) is 4.77. The summed E-state index contributed by atoms with van der Waals surface area (Å²) in [5.74, 6) is 4.35. The van der Waals surface area contributed by atoms with E-state index in [1.165, 1.54) is 0 Å². The molecule has 15 heavy (non-hydrogen) atoms. The summed E-state index contributed by atoms with van der Waals surface area (Å²) in [5, 5.41) is 7.35. The van der Waals surface area contributed by atoms with Crippen LogP contribution < -0.4 is 0 Å². The molecule has 0 aliphatic heterocycles. The Bertz CT molecular complexity index is 396. The molecule has 1 aromatic heterocycles. The molecule has 0 fully saturated rings. The van der Waals surface area contributed by atoms with E-state index in [1.807, 2.05) is 0 Å². The molecular formula is C11H12N2O2. The highest BCUT2D eigenvalue weighted by Gasteiger charge is 2.14. The summed E-state index contributed by atoms with van der Waals surface area (Å²) in [5.41, 5.74) is -0.0722. The van der Waals surface area contributed by atoms with Gasteiger partial charge in [-0.2, -0.15) is 5.10 Å². The van der Waals surface area contributed by atoms with Crippen LogP contribution >= 0.6 is 0 Å². The Morgan fingerprint density at radius 3 is 2.73 bits per heavy atom. The van der Waals surface area contributed by atoms with Crippen LogP contribution in [0.1, 0.15) is 26.5 Å². The van der Waals surface area contributed by atoms with Crippen molar-refractivity contribution in [1.29, 1.82) is 0 Å². The van der Waals surface area contributed by atoms with Gasteiger partial charge in [0.25, 0.3) is 0 Å². The van der Waals surface area contributed by atoms with Crippen molar-refractivity contribution in [2.45, 2.75) is 26.4 Å². The third-order valence-corrected chi connectivity index (χ3v) is 1.26. The first-order valence-corrected chi connectivity index (χ1v) is 4.50. The smallest absolute Gasteiger partial charge is 0.385 e. The van der Waals surface area contributed by atoms with Crippen molar-refractivity contribution in [3.8, 4) is 11.8 Å². The molecule has 1 heterocycles. The third-order valence-electron chi connectivity index (χ3n) is 1.26. The van der Waals surface area contributed by atoms with E-state index in [4.69, 9.17) is 4.74 Å². The van der Waals surface area contributed by atoms with Crippen LogP contribution in [0.4, 0.5) is 0 Å². The number of hydrogen-bond acceptors (Lipinski definition) is 4. The maximum absolute atomic E-state index is 11.2. The Morgan fingerprint density at radius 1 is 1.47 bits per heavy atom. The minimum Gasteiger partial charge on any atom is -0.450 e. The van der Waals surface area contributed by atoms with Gasteiger partial charge in [-0.15, -0.1) is 5.10 Å². The summed E-state index contributed by atoms with van der Waals surface area (Å²) in [7, 11) is 0. The maximum atomic E-state index is 11.2. The van der Waals surface area contributed by atoms with E-state index in [-0.39, 0.29) is 0 Å². The lowest BCUT2D eigenvalue weighted by atomic mass is 10.2. The zero-order chi connectivity index (χ0) is 11.3. The minimum absolute atomic E-state index is 0.448. The van der Waals surface area contributed by atoms with Gasteiger partial charge in [0.05, 0.1) is 0 Å². The molecule has 0 bridgehead atoms. The van der Waals surface area contributed by atoms with Crippen molar-refractivity contribution in [2.75, 3.05) is 0 Å². The molecule has 0 saturated heterocycles. The van der Waals surface area contributed by atoms with Crippen LogP contribution in [0.25, 0.3) is 0 Å². The number of hydrogen-bond donors (Lipinski definition) is 0. The lowest BCUT2D eigenvalue weighted by molar-refractivity contribution is -0.147. The molecule has 4 heteroatoms. The van der Waals surface area contributed by atoms with Crippen LogP contribution in [-0.2, 0) is 9.53 Å². The molecule has 0 aliphatic carbocycles. The van der Waals surface area contributed by atoms with Crippen molar-refractivity contribution in [3.05, 3.63) is 24.0 Å². The Labute approximate surface area is 88.7 Å². The van der Waals surface area contributed by atoms with Gasteiger partial charge in [-0.3, -0.25) is 0 Å². The summed E-state index contributed by atoms with van der Waals surface area (Å²) >= 11 is 0. The molecule has 4 nitrogen and oxygen atoms in total. The molecule has 0 N–H and O–H groups in total. The molecule has 0 amide bonds. The summed E-state index contributed by atoms with van der Waals surface area (Å²) in [6.45, 7) is 5.36. The van der Waals surface area contributed by atoms with Crippen LogP contribution in [0, 0.1) is 11.8 Å². The highest BCUT2D eigenvalue weighted by atomic mass is 16.6. The molecule has 0 unspecified atom stereocenters. The molecule has 0 spiro atoms. The maximum Gasteiger partial charge on any atom is 0.385 e. The fraction of sp³-hybridized carbons (Fsp3) is 0.364. The van der Waals surface area contributed by atoms with E-state index in [0.717, 1.165) is 0 Å². The predicted octanol–water partition coefficient (Wildman–Crippen LogP) is 1.17. The van der Waals surface area contributed by atoms with E-state index >= 15 is 0 Å². The average molecular weight is 204 g/mol. The van der Waals surface area contributed by atoms with Gasteiger partial charge in [0.15, 0.2) is 0 Å². The lowest BCUT2D eigenvalue weighted by Crippen LogP contribution is -2.22. The lowest BCUT2D eigenvalue weighted by Gasteiger charge is -2.16. The SMILES string of the molecule is CC(C)(C)OC(=O)C#Cc1cccnn1. The van der Waals surface area contributed by atoms with E-state index in [1.54, 1.807) is 39.1 Å². The zero-order valence-corrected chi connectivity index (χ0v) is 8.94. The number of esters is 1. The van der Waals surface area contributed by atoms with Gasteiger partial charge in [0.2, 0.25) is 0 Å². The molecule has 0 atom stereocenters. The first-order valence-electron chi connectivity index (χ1n) is 4.50. The first kappa shape index (κ1) is 11.2. The summed E-state index contributed by atoms with van der Waals surface area (Å²) in [4.78, 5) is 11.2. The van der Waals surface area contributed by atoms with Crippen molar-refractivity contribution < 1.29 is 9.53 Å². The van der Waals surface area contributed by atoms with Gasteiger partial charge in [-0.1, -0.05) is 0 Å². The summed E-state index contributed by atoms with van der Waals surface area (Å²) < 4.78 is 5.00. The van der Waals surface area contributed by atoms with E-state index in [0.29, 0.717) is 5.69 Å². The topological polar surface area (TPSA) is 52.1 Å². The Morgan fingerprint density at radius 2 is 2.20 bits per heavy atom. The zero-order valence-electron chi connectivity index (χ0n) is 8.94. The second-order valence-corrected chi connectivity index (χ2v) is 3.86. The molecular weight excluding hydrogens is 192 g/mol. The van der Waals surface area contributed by atoms with E-state index < -0.39 is 11.6 Å². The number of ether oxygens (including phenoxy) is 1. The van der Waals surface area contributed by atoms with Crippen LogP contribution in [0.5, 0.6) is 0 Å². The highest BCUT2D eigenvalue weighted by Crippen LogP contribution is 2.06. The number of carbonyl (C=O) groups is 1. The number of rotatable bonds is 0. The standard InChI is InChI=1S/C11H12N2O2/c1-11(2,3)15-10(14)7-6-9-5-4-8-12-13-9/h4-5,8H,1-3H3. The number of aromatic nitrogens is 2. The molecule has 1 aromatic rings. The van der Waals surface area contributed by atoms with E-state index in [2.05, 4.69) is 22.0 Å². The Kier molecular flexibility index (Phi) is 3.40. The largest absolute Gasteiger partial charge is 0.450 e. The fourth-order valence-corrected chi connectivity index (χ4v) is 0.787. The van der Waals surface area contributed by atoms with Gasteiger partial charge in [-0.05, 0) is 38.8 Å². The average Bonchev–Trinajstić information content (AvgIpc) is 2.14. The molecule has 0 aliphatic rings. The molecule has 0 saturated carbocycles. The van der Waals surface area contributed by atoms with Crippen molar-refractivity contribution in [1.82, 2.24) is 10.2 Å². The Balaban J connectivity index is 2.64. The van der Waals surface area contributed by atoms with Crippen molar-refractivity contribution in [3.63, 3.8) is 0 Å². The van der Waals surface area contributed by atoms with Crippen LogP contribution in [0.2, 0.25) is 0 Å². The molecule has 0 radical (unpaired) electrons. The molecule has 0 aromatic carbocycles. The van der Waals surface area contributed by atoms with Crippen LogP contribution in [0.3, 0.4) is 0 Å². The highest BCUT2D eigenvalue weighted by molar-refractivity contribution is 5.89. The summed E-state index contributed by atoms with van der Waals surface area (Å²) in [6.07, 6.45) is 1.54. The summed E-state index contributed by atoms with van der Waals surface area (Å²) in [6, 6.07) is 3.37. The minimum atomic E-state index is -0.562. The fourth-order valence-electron chi connectivity index (χ4n) is 0.787. The van der Waals surface area contributed by atoms with Crippen molar-refractivity contribution in [2.24, 2.45) is 0 Å². The van der Waals surface area contributed by atoms with E-state index in [9.17, 15) is 4.79 Å². The number of nitrogens with zero attached hydrogens (tertiary/aromatic N) is 2. The van der Waals surface area contributed by atoms with Gasteiger partial charge in [0, 0.05) is 12.1 Å². The Hall–Kier alpha value is -1.89. The van der Waals surface area contributed by atoms with Gasteiger partial charge in [-0.25, -0.2) is 4.79 Å². The quantitative estimate of drug-likeness (QED) is 0.470. The molecule has 78 valence electrons. The first-order chi connectivity index (χ1) is 6.97. The van der Waals surface area contributed by atoms with Gasteiger partial charge < -0.3 is 4.74 Å². The predicted molar refractivity (Wildman–Crippen MR) is 54.8 cm³/mol. The normalized spacial score (nSPS) is 10.1. The van der Waals surface area contributed by atoms with Crippen LogP contribution in [-0.4, -0.2) is 21.8 Å². The second kappa shape index (κ2) is 4.56. The number of carbonyl (C=O) groups excluding carboxylic acids is 1. The van der Waals surface area contributed by atoms with Crippen molar-refractivity contribution >= 4 is 5.97 Å². The van der Waals surface area contributed by atoms with Gasteiger partial charge >= 0.3 is 5.97 Å². The monoisotopic (exact) mass is 204 g/mol. The molecule has 1 rings (SSSR count). The van der Waals surface area contributed by atoms with Crippen LogP contribution in [0.15, 0.2) is 18.3 Å².